The number of fused-ring (bicyclic) bond motifs is 3. The molecule has 0 amide bonds. The van der Waals surface area contributed by atoms with E-state index in [9.17, 15) is 15.0 Å². The van der Waals surface area contributed by atoms with E-state index < -0.39 is 6.10 Å². The Labute approximate surface area is 139 Å². The van der Waals surface area contributed by atoms with Gasteiger partial charge in [0.25, 0.3) is 0 Å². The third-order valence-corrected chi connectivity index (χ3v) is 6.06. The molecule has 1 aliphatic heterocycles. The van der Waals surface area contributed by atoms with Crippen LogP contribution in [0.5, 0.6) is 5.75 Å². The number of rotatable bonds is 0. The van der Waals surface area contributed by atoms with Gasteiger partial charge in [0.2, 0.25) is 5.78 Å². The fourth-order valence-electron chi connectivity index (χ4n) is 4.78. The molecule has 2 N–H and O–H groups in total. The van der Waals surface area contributed by atoms with Crippen molar-refractivity contribution in [1.82, 2.24) is 0 Å². The van der Waals surface area contributed by atoms with Gasteiger partial charge in [0.05, 0.1) is 12.7 Å². The summed E-state index contributed by atoms with van der Waals surface area (Å²) in [6, 6.07) is 9.22. The molecule has 2 aliphatic carbocycles. The lowest BCUT2D eigenvalue weighted by Crippen LogP contribution is -2.43. The Morgan fingerprint density at radius 1 is 1.29 bits per heavy atom. The molecule has 24 heavy (non-hydrogen) atoms. The number of aliphatic hydroxyl groups is 1. The largest absolute Gasteiger partial charge is 0.507 e. The van der Waals surface area contributed by atoms with Crippen molar-refractivity contribution in [1.29, 1.82) is 0 Å². The average Bonchev–Trinajstić information content (AvgIpc) is 3.03. The van der Waals surface area contributed by atoms with Crippen molar-refractivity contribution in [3.8, 4) is 5.75 Å². The van der Waals surface area contributed by atoms with Gasteiger partial charge in [0.15, 0.2) is 5.76 Å². The number of carbonyl (C=O) groups is 1. The van der Waals surface area contributed by atoms with Crippen molar-refractivity contribution >= 4 is 16.6 Å². The van der Waals surface area contributed by atoms with E-state index >= 15 is 0 Å². The first-order valence-corrected chi connectivity index (χ1v) is 8.37. The minimum absolute atomic E-state index is 0.0873. The normalized spacial score (nSPS) is 31.0. The number of hydrogen-bond donors (Lipinski definition) is 2. The molecule has 122 valence electrons. The van der Waals surface area contributed by atoms with E-state index in [-0.39, 0.29) is 22.9 Å². The zero-order valence-corrected chi connectivity index (χ0v) is 13.4. The maximum absolute atomic E-state index is 13.0. The van der Waals surface area contributed by atoms with Crippen LogP contribution in [0, 0.1) is 5.92 Å². The summed E-state index contributed by atoms with van der Waals surface area (Å²) in [5.41, 5.74) is 2.28. The second-order valence-electron chi connectivity index (χ2n) is 7.32. The number of carbonyl (C=O) groups excluding carboxylic acids is 1. The van der Waals surface area contributed by atoms with E-state index in [0.29, 0.717) is 29.7 Å². The number of ether oxygens (including phenoxy) is 1. The van der Waals surface area contributed by atoms with Crippen LogP contribution in [0.2, 0.25) is 0 Å². The molecule has 1 heterocycles. The van der Waals surface area contributed by atoms with E-state index in [0.717, 1.165) is 22.9 Å². The summed E-state index contributed by atoms with van der Waals surface area (Å²) in [6.45, 7) is 2.53. The van der Waals surface area contributed by atoms with Gasteiger partial charge in [0.1, 0.15) is 5.75 Å². The Kier molecular flexibility index (Phi) is 2.57. The highest BCUT2D eigenvalue weighted by Crippen LogP contribution is 2.55. The minimum Gasteiger partial charge on any atom is -0.507 e. The van der Waals surface area contributed by atoms with E-state index in [2.05, 4.69) is 6.92 Å². The molecule has 0 spiro atoms. The summed E-state index contributed by atoms with van der Waals surface area (Å²) in [7, 11) is 0. The van der Waals surface area contributed by atoms with Crippen molar-refractivity contribution in [2.45, 2.75) is 31.3 Å². The molecule has 1 fully saturated rings. The van der Waals surface area contributed by atoms with Gasteiger partial charge in [0, 0.05) is 22.3 Å². The second-order valence-corrected chi connectivity index (χ2v) is 7.32. The molecule has 0 bridgehead atoms. The summed E-state index contributed by atoms with van der Waals surface area (Å²) in [4.78, 5) is 13.0. The number of ketones is 1. The number of aliphatic hydroxyl groups excluding tert-OH is 1. The summed E-state index contributed by atoms with van der Waals surface area (Å²) < 4.78 is 5.73. The first-order valence-electron chi connectivity index (χ1n) is 8.37. The Hall–Kier alpha value is -2.33. The molecule has 0 aromatic heterocycles. The number of aromatic hydroxyl groups is 1. The van der Waals surface area contributed by atoms with Crippen LogP contribution in [0.1, 0.15) is 35.7 Å². The Morgan fingerprint density at radius 3 is 2.96 bits per heavy atom. The SMILES string of the molecule is C[C@@]12CC[C@H](O)[C@@H]3COC(=C31)C(=O)c1cc3c(O)cccc3cc12. The van der Waals surface area contributed by atoms with Crippen LogP contribution >= 0.6 is 0 Å². The van der Waals surface area contributed by atoms with E-state index in [4.69, 9.17) is 4.74 Å². The first-order chi connectivity index (χ1) is 11.5. The van der Waals surface area contributed by atoms with Crippen LogP contribution in [0.4, 0.5) is 0 Å². The van der Waals surface area contributed by atoms with Gasteiger partial charge in [-0.15, -0.1) is 0 Å². The maximum atomic E-state index is 13.0. The monoisotopic (exact) mass is 322 g/mol. The molecule has 2 aromatic rings. The van der Waals surface area contributed by atoms with Crippen LogP contribution in [-0.4, -0.2) is 28.7 Å². The van der Waals surface area contributed by atoms with E-state index in [1.807, 2.05) is 18.2 Å². The molecular weight excluding hydrogens is 304 g/mol. The lowest BCUT2D eigenvalue weighted by Gasteiger charge is -2.43. The number of allylic oxidation sites excluding steroid dienone is 1. The number of phenols is 1. The zero-order chi connectivity index (χ0) is 16.6. The Morgan fingerprint density at radius 2 is 2.12 bits per heavy atom. The van der Waals surface area contributed by atoms with E-state index in [1.165, 1.54) is 0 Å². The topological polar surface area (TPSA) is 66.8 Å². The zero-order valence-electron chi connectivity index (χ0n) is 13.4. The van der Waals surface area contributed by atoms with Gasteiger partial charge >= 0.3 is 0 Å². The number of Topliss-reactive ketones (excluding diaryl/α,β-unsaturated/α-hetero) is 1. The Balaban J connectivity index is 1.84. The van der Waals surface area contributed by atoms with Crippen LogP contribution in [0.25, 0.3) is 10.8 Å². The third kappa shape index (κ3) is 1.54. The molecule has 0 radical (unpaired) electrons. The number of hydrogen-bond acceptors (Lipinski definition) is 4. The molecule has 3 aliphatic rings. The van der Waals surface area contributed by atoms with Crippen LogP contribution in [0.15, 0.2) is 41.7 Å². The van der Waals surface area contributed by atoms with Crippen LogP contribution < -0.4 is 0 Å². The summed E-state index contributed by atoms with van der Waals surface area (Å²) in [5, 5.41) is 22.1. The average molecular weight is 322 g/mol. The fraction of sp³-hybridized carbons (Fsp3) is 0.350. The van der Waals surface area contributed by atoms with E-state index in [1.54, 1.807) is 12.1 Å². The van der Waals surface area contributed by atoms with Crippen molar-refractivity contribution in [3.63, 3.8) is 0 Å². The first kappa shape index (κ1) is 14.1. The van der Waals surface area contributed by atoms with Crippen molar-refractivity contribution < 1.29 is 19.7 Å². The number of phenolic OH excluding ortho intramolecular Hbond substituents is 1. The highest BCUT2D eigenvalue weighted by molar-refractivity contribution is 6.13. The van der Waals surface area contributed by atoms with Crippen molar-refractivity contribution in [2.75, 3.05) is 6.61 Å². The van der Waals surface area contributed by atoms with Gasteiger partial charge in [-0.2, -0.15) is 0 Å². The maximum Gasteiger partial charge on any atom is 0.227 e. The second kappa shape index (κ2) is 4.39. The molecule has 5 rings (SSSR count). The lowest BCUT2D eigenvalue weighted by molar-refractivity contribution is 0.0631. The molecule has 4 nitrogen and oxygen atoms in total. The molecule has 0 saturated heterocycles. The fourth-order valence-corrected chi connectivity index (χ4v) is 4.78. The standard InChI is InChI=1S/C20H18O4/c1-20-6-5-16(22)13-9-24-19(17(13)20)18(23)12-8-11-10(7-14(12)20)3-2-4-15(11)21/h2-4,7-8,13,16,21-22H,5-6,9H2,1H3/t13-,16-,20-/m0/s1. The van der Waals surface area contributed by atoms with Crippen molar-refractivity contribution in [3.05, 3.63) is 52.8 Å². The smallest absolute Gasteiger partial charge is 0.227 e. The summed E-state index contributed by atoms with van der Waals surface area (Å²) in [6.07, 6.45) is 1.05. The molecule has 3 atom stereocenters. The molecule has 1 saturated carbocycles. The summed E-state index contributed by atoms with van der Waals surface area (Å²) >= 11 is 0. The predicted molar refractivity (Wildman–Crippen MR) is 89.0 cm³/mol. The highest BCUT2D eigenvalue weighted by atomic mass is 16.5. The minimum atomic E-state index is -0.440. The van der Waals surface area contributed by atoms with Crippen molar-refractivity contribution in [2.24, 2.45) is 5.92 Å². The lowest BCUT2D eigenvalue weighted by atomic mass is 9.59. The summed E-state index contributed by atoms with van der Waals surface area (Å²) in [5.74, 6) is 0.385. The molecular formula is C20H18O4. The van der Waals surface area contributed by atoms with Gasteiger partial charge in [-0.05, 0) is 47.6 Å². The predicted octanol–water partition coefficient (Wildman–Crippen LogP) is 3.05. The molecule has 2 aromatic carbocycles. The molecule has 4 heteroatoms. The Bertz CT molecular complexity index is 942. The number of benzene rings is 2. The van der Waals surface area contributed by atoms with Gasteiger partial charge in [-0.25, -0.2) is 0 Å². The third-order valence-electron chi connectivity index (χ3n) is 6.06. The van der Waals surface area contributed by atoms with Gasteiger partial charge < -0.3 is 14.9 Å². The van der Waals surface area contributed by atoms with Gasteiger partial charge in [-0.3, -0.25) is 4.79 Å². The van der Waals surface area contributed by atoms with Crippen LogP contribution in [-0.2, 0) is 10.2 Å². The van der Waals surface area contributed by atoms with Crippen LogP contribution in [0.3, 0.4) is 0 Å². The quantitative estimate of drug-likeness (QED) is 0.782. The molecule has 0 unspecified atom stereocenters. The van der Waals surface area contributed by atoms with Gasteiger partial charge in [-0.1, -0.05) is 19.1 Å². The highest BCUT2D eigenvalue weighted by Gasteiger charge is 2.53.